The molecule has 8 heteroatoms. The number of rotatable bonds is 7. The number of nitrogens with one attached hydrogen (secondary N) is 1. The van der Waals surface area contributed by atoms with E-state index in [-0.39, 0.29) is 28.6 Å². The van der Waals surface area contributed by atoms with Crippen molar-refractivity contribution in [1.82, 2.24) is 9.62 Å². The minimum absolute atomic E-state index is 0.0397. The van der Waals surface area contributed by atoms with Gasteiger partial charge in [-0.05, 0) is 36.2 Å². The van der Waals surface area contributed by atoms with Gasteiger partial charge in [0.25, 0.3) is 5.91 Å². The van der Waals surface area contributed by atoms with Gasteiger partial charge in [-0.15, -0.1) is 0 Å². The number of sulfonamides is 1. The van der Waals surface area contributed by atoms with Gasteiger partial charge >= 0.3 is 0 Å². The summed E-state index contributed by atoms with van der Waals surface area (Å²) in [5.74, 6) is -0.429. The Morgan fingerprint density at radius 3 is 2.09 bits per heavy atom. The molecular weight excluding hydrogens is 472 g/mol. The van der Waals surface area contributed by atoms with E-state index in [0.717, 1.165) is 11.1 Å². The van der Waals surface area contributed by atoms with Crippen molar-refractivity contribution >= 4 is 27.5 Å². The smallest absolute Gasteiger partial charge is 0.252 e. The number of carbonyl (C=O) groups is 1. The summed E-state index contributed by atoms with van der Waals surface area (Å²) < 4.78 is 32.7. The second-order valence-corrected chi connectivity index (χ2v) is 10.8. The molecule has 1 aliphatic heterocycles. The zero-order valence-corrected chi connectivity index (χ0v) is 20.5. The van der Waals surface area contributed by atoms with Crippen molar-refractivity contribution in [1.29, 1.82) is 0 Å². The SMILES string of the molecule is CC(CNC(=O)c1cc(S(=O)(=O)N2CCOCC2)ccc1Cl)(c1ccccc1)c1ccccc1. The van der Waals surface area contributed by atoms with Crippen LogP contribution in [0, 0.1) is 0 Å². The Balaban J connectivity index is 1.60. The Morgan fingerprint density at radius 1 is 0.971 bits per heavy atom. The number of carbonyl (C=O) groups excluding carboxylic acids is 1. The molecule has 0 radical (unpaired) electrons. The third-order valence-electron chi connectivity index (χ3n) is 6.21. The third-order valence-corrected chi connectivity index (χ3v) is 8.44. The normalized spacial score (nSPS) is 15.1. The number of ether oxygens (including phenoxy) is 1. The van der Waals surface area contributed by atoms with E-state index < -0.39 is 21.3 Å². The number of nitrogens with zero attached hydrogens (tertiary/aromatic N) is 1. The summed E-state index contributed by atoms with van der Waals surface area (Å²) in [5, 5.41) is 3.18. The lowest BCUT2D eigenvalue weighted by molar-refractivity contribution is 0.0730. The van der Waals surface area contributed by atoms with E-state index in [1.807, 2.05) is 60.7 Å². The highest BCUT2D eigenvalue weighted by atomic mass is 35.5. The molecule has 1 N–H and O–H groups in total. The maximum Gasteiger partial charge on any atom is 0.252 e. The molecule has 4 rings (SSSR count). The van der Waals surface area contributed by atoms with Crippen LogP contribution in [-0.2, 0) is 20.2 Å². The molecule has 34 heavy (non-hydrogen) atoms. The molecule has 3 aromatic rings. The summed E-state index contributed by atoms with van der Waals surface area (Å²) in [5.41, 5.74) is 1.73. The van der Waals surface area contributed by atoms with E-state index in [1.54, 1.807) is 0 Å². The summed E-state index contributed by atoms with van der Waals surface area (Å²) in [6, 6.07) is 24.1. The standard InChI is InChI=1S/C26H27ClN2O4S/c1-26(20-8-4-2-5-9-20,21-10-6-3-7-11-21)19-28-25(30)23-18-22(12-13-24(23)27)34(31,32)29-14-16-33-17-15-29/h2-13,18H,14-17,19H2,1H3,(H,28,30). The van der Waals surface area contributed by atoms with Crippen molar-refractivity contribution in [3.63, 3.8) is 0 Å². The highest BCUT2D eigenvalue weighted by molar-refractivity contribution is 7.89. The van der Waals surface area contributed by atoms with Crippen LogP contribution >= 0.6 is 11.6 Å². The van der Waals surface area contributed by atoms with E-state index in [0.29, 0.717) is 19.8 Å². The summed E-state index contributed by atoms with van der Waals surface area (Å²) in [4.78, 5) is 13.2. The first-order chi connectivity index (χ1) is 16.3. The Bertz CT molecular complexity index is 1200. The van der Waals surface area contributed by atoms with Crippen LogP contribution in [0.15, 0.2) is 83.8 Å². The van der Waals surface area contributed by atoms with Gasteiger partial charge in [-0.3, -0.25) is 4.79 Å². The highest BCUT2D eigenvalue weighted by Gasteiger charge is 2.31. The number of halogens is 1. The van der Waals surface area contributed by atoms with Crippen LogP contribution in [0.2, 0.25) is 5.02 Å². The molecule has 1 amide bonds. The van der Waals surface area contributed by atoms with Gasteiger partial charge in [0.15, 0.2) is 0 Å². The van der Waals surface area contributed by atoms with Gasteiger partial charge < -0.3 is 10.1 Å². The van der Waals surface area contributed by atoms with Gasteiger partial charge in [0.05, 0.1) is 28.7 Å². The van der Waals surface area contributed by atoms with E-state index in [2.05, 4.69) is 12.2 Å². The fraction of sp³-hybridized carbons (Fsp3) is 0.269. The van der Waals surface area contributed by atoms with Gasteiger partial charge in [0, 0.05) is 25.0 Å². The third kappa shape index (κ3) is 5.03. The summed E-state index contributed by atoms with van der Waals surface area (Å²) in [6.07, 6.45) is 0. The van der Waals surface area contributed by atoms with E-state index in [9.17, 15) is 13.2 Å². The summed E-state index contributed by atoms with van der Waals surface area (Å²) in [7, 11) is -3.75. The molecule has 1 heterocycles. The van der Waals surface area contributed by atoms with Crippen LogP contribution in [0.3, 0.4) is 0 Å². The van der Waals surface area contributed by atoms with Crippen LogP contribution in [-0.4, -0.2) is 51.5 Å². The molecule has 1 aliphatic rings. The first-order valence-electron chi connectivity index (χ1n) is 11.1. The van der Waals surface area contributed by atoms with Gasteiger partial charge in [0.2, 0.25) is 10.0 Å². The van der Waals surface area contributed by atoms with Gasteiger partial charge in [-0.25, -0.2) is 8.42 Å². The molecule has 1 fully saturated rings. The maximum absolute atomic E-state index is 13.2. The van der Waals surface area contributed by atoms with E-state index in [1.165, 1.54) is 22.5 Å². The van der Waals surface area contributed by atoms with Crippen LogP contribution in [0.5, 0.6) is 0 Å². The molecule has 0 aliphatic carbocycles. The average Bonchev–Trinajstić information content (AvgIpc) is 2.88. The number of morpholine rings is 1. The largest absolute Gasteiger partial charge is 0.379 e. The predicted octanol–water partition coefficient (Wildman–Crippen LogP) is 4.10. The molecule has 0 spiro atoms. The van der Waals surface area contributed by atoms with Crippen molar-refractivity contribution in [2.45, 2.75) is 17.2 Å². The van der Waals surface area contributed by atoms with Crippen molar-refractivity contribution in [3.8, 4) is 0 Å². The molecule has 0 unspecified atom stereocenters. The fourth-order valence-electron chi connectivity index (χ4n) is 4.11. The Morgan fingerprint density at radius 2 is 1.53 bits per heavy atom. The van der Waals surface area contributed by atoms with Crippen molar-refractivity contribution in [3.05, 3.63) is 101 Å². The first-order valence-corrected chi connectivity index (χ1v) is 12.9. The molecule has 3 aromatic carbocycles. The molecule has 6 nitrogen and oxygen atoms in total. The number of hydrogen-bond acceptors (Lipinski definition) is 4. The minimum Gasteiger partial charge on any atom is -0.379 e. The van der Waals surface area contributed by atoms with Crippen LogP contribution in [0.25, 0.3) is 0 Å². The topological polar surface area (TPSA) is 75.7 Å². The second-order valence-electron chi connectivity index (χ2n) is 8.40. The maximum atomic E-state index is 13.2. The molecule has 0 saturated carbocycles. The number of amides is 1. The van der Waals surface area contributed by atoms with Gasteiger partial charge in [-0.1, -0.05) is 72.3 Å². The van der Waals surface area contributed by atoms with Crippen molar-refractivity contribution in [2.24, 2.45) is 0 Å². The van der Waals surface area contributed by atoms with Gasteiger partial charge in [0.1, 0.15) is 0 Å². The zero-order chi connectivity index (χ0) is 24.2. The quantitative estimate of drug-likeness (QED) is 0.532. The predicted molar refractivity (Wildman–Crippen MR) is 133 cm³/mol. The monoisotopic (exact) mass is 498 g/mol. The minimum atomic E-state index is -3.75. The highest BCUT2D eigenvalue weighted by Crippen LogP contribution is 2.31. The van der Waals surface area contributed by atoms with Crippen LogP contribution in [0.4, 0.5) is 0 Å². The lowest BCUT2D eigenvalue weighted by atomic mass is 9.76. The number of hydrogen-bond donors (Lipinski definition) is 1. The molecule has 0 aromatic heterocycles. The summed E-state index contributed by atoms with van der Waals surface area (Å²) in [6.45, 7) is 3.61. The Labute approximate surface area is 205 Å². The van der Waals surface area contributed by atoms with Crippen molar-refractivity contribution < 1.29 is 17.9 Å². The lowest BCUT2D eigenvalue weighted by Gasteiger charge is -2.31. The van der Waals surface area contributed by atoms with E-state index in [4.69, 9.17) is 16.3 Å². The summed E-state index contributed by atoms with van der Waals surface area (Å²) >= 11 is 6.32. The molecular formula is C26H27ClN2O4S. The fourth-order valence-corrected chi connectivity index (χ4v) is 5.75. The lowest BCUT2D eigenvalue weighted by Crippen LogP contribution is -2.41. The van der Waals surface area contributed by atoms with E-state index >= 15 is 0 Å². The Kier molecular flexibility index (Phi) is 7.38. The average molecular weight is 499 g/mol. The molecule has 178 valence electrons. The molecule has 0 bridgehead atoms. The number of benzene rings is 3. The molecule has 0 atom stereocenters. The Hall–Kier alpha value is -2.71. The first kappa shape index (κ1) is 24.4. The van der Waals surface area contributed by atoms with Crippen LogP contribution < -0.4 is 5.32 Å². The molecule has 1 saturated heterocycles. The zero-order valence-electron chi connectivity index (χ0n) is 18.9. The van der Waals surface area contributed by atoms with Crippen molar-refractivity contribution in [2.75, 3.05) is 32.8 Å². The van der Waals surface area contributed by atoms with Gasteiger partial charge in [-0.2, -0.15) is 4.31 Å². The second kappa shape index (κ2) is 10.3. The van der Waals surface area contributed by atoms with Crippen LogP contribution in [0.1, 0.15) is 28.4 Å².